The maximum atomic E-state index is 4.37. The van der Waals surface area contributed by atoms with Crippen LogP contribution < -0.4 is 0 Å². The Morgan fingerprint density at radius 1 is 1.33 bits per heavy atom. The molecule has 1 N–H and O–H groups in total. The molecule has 0 saturated heterocycles. The van der Waals surface area contributed by atoms with Gasteiger partial charge < -0.3 is 4.98 Å². The van der Waals surface area contributed by atoms with Crippen LogP contribution in [0.1, 0.15) is 46.8 Å². The smallest absolute Gasteiger partial charge is 0.0925 e. The fraction of sp³-hybridized carbons (Fsp3) is 0.467. The van der Waals surface area contributed by atoms with Gasteiger partial charge in [-0.2, -0.15) is 0 Å². The number of aryl methyl sites for hydroxylation is 2. The molecule has 0 aromatic carbocycles. The Hall–Kier alpha value is -1.64. The van der Waals surface area contributed by atoms with E-state index in [-0.39, 0.29) is 0 Å². The summed E-state index contributed by atoms with van der Waals surface area (Å²) in [5.41, 5.74) is 6.73. The summed E-state index contributed by atoms with van der Waals surface area (Å²) in [7, 11) is 0. The minimum Gasteiger partial charge on any atom is -0.348 e. The van der Waals surface area contributed by atoms with Crippen LogP contribution in [-0.4, -0.2) is 15.0 Å². The predicted molar refractivity (Wildman–Crippen MR) is 71.7 cm³/mol. The molecule has 3 heteroatoms. The van der Waals surface area contributed by atoms with Crippen molar-refractivity contribution in [2.24, 2.45) is 0 Å². The highest BCUT2D eigenvalue weighted by atomic mass is 14.9. The van der Waals surface area contributed by atoms with E-state index in [2.05, 4.69) is 35.0 Å². The van der Waals surface area contributed by atoms with E-state index in [1.165, 1.54) is 41.6 Å². The van der Waals surface area contributed by atoms with Crippen molar-refractivity contribution in [1.29, 1.82) is 0 Å². The highest BCUT2D eigenvalue weighted by Gasteiger charge is 2.22. The molecular weight excluding hydrogens is 222 g/mol. The molecule has 3 nitrogen and oxygen atoms in total. The zero-order valence-electron chi connectivity index (χ0n) is 11.0. The molecule has 0 saturated carbocycles. The molecule has 1 aliphatic rings. The third kappa shape index (κ3) is 1.94. The van der Waals surface area contributed by atoms with Gasteiger partial charge in [-0.1, -0.05) is 0 Å². The molecule has 0 bridgehead atoms. The Balaban J connectivity index is 1.92. The first-order valence-electron chi connectivity index (χ1n) is 6.68. The summed E-state index contributed by atoms with van der Waals surface area (Å²) >= 11 is 0. The lowest BCUT2D eigenvalue weighted by molar-refractivity contribution is 0.541. The number of nitrogens with zero attached hydrogens (tertiary/aromatic N) is 2. The average Bonchev–Trinajstić information content (AvgIpc) is 2.77. The van der Waals surface area contributed by atoms with Gasteiger partial charge in [0.1, 0.15) is 0 Å². The van der Waals surface area contributed by atoms with E-state index < -0.39 is 0 Å². The third-order valence-corrected chi connectivity index (χ3v) is 4.11. The summed E-state index contributed by atoms with van der Waals surface area (Å²) in [6.07, 6.45) is 10.7. The number of pyridine rings is 1. The summed E-state index contributed by atoms with van der Waals surface area (Å²) < 4.78 is 0. The van der Waals surface area contributed by atoms with E-state index in [4.69, 9.17) is 0 Å². The molecule has 2 heterocycles. The van der Waals surface area contributed by atoms with E-state index in [9.17, 15) is 0 Å². The summed E-state index contributed by atoms with van der Waals surface area (Å²) in [6.45, 7) is 4.25. The molecule has 0 radical (unpaired) electrons. The summed E-state index contributed by atoms with van der Waals surface area (Å²) in [6, 6.07) is 0. The number of hydrogen-bond donors (Lipinski definition) is 1. The Morgan fingerprint density at radius 3 is 3.00 bits per heavy atom. The second kappa shape index (κ2) is 4.56. The van der Waals surface area contributed by atoms with Crippen molar-refractivity contribution in [3.05, 3.63) is 46.8 Å². The van der Waals surface area contributed by atoms with Gasteiger partial charge >= 0.3 is 0 Å². The van der Waals surface area contributed by atoms with Gasteiger partial charge in [0.05, 0.1) is 12.0 Å². The van der Waals surface area contributed by atoms with Crippen molar-refractivity contribution in [3.8, 4) is 0 Å². The lowest BCUT2D eigenvalue weighted by atomic mass is 9.80. The lowest BCUT2D eigenvalue weighted by Gasteiger charge is -2.26. The first kappa shape index (κ1) is 11.5. The minimum absolute atomic E-state index is 0.597. The number of imidazole rings is 1. The maximum Gasteiger partial charge on any atom is 0.0925 e. The monoisotopic (exact) mass is 241 g/mol. The zero-order valence-corrected chi connectivity index (χ0v) is 11.0. The van der Waals surface area contributed by atoms with Gasteiger partial charge in [0.2, 0.25) is 0 Å². The van der Waals surface area contributed by atoms with Gasteiger partial charge in [-0.15, -0.1) is 0 Å². The molecular formula is C15H19N3. The molecule has 94 valence electrons. The number of aromatic amines is 1. The van der Waals surface area contributed by atoms with Crippen LogP contribution in [0.25, 0.3) is 0 Å². The Bertz CT molecular complexity index is 557. The number of H-pyrrole nitrogens is 1. The van der Waals surface area contributed by atoms with Gasteiger partial charge in [-0.3, -0.25) is 4.98 Å². The number of hydrogen-bond acceptors (Lipinski definition) is 2. The van der Waals surface area contributed by atoms with Crippen molar-refractivity contribution in [2.75, 3.05) is 0 Å². The molecule has 0 amide bonds. The molecule has 2 aromatic heterocycles. The highest BCUT2D eigenvalue weighted by molar-refractivity contribution is 5.36. The van der Waals surface area contributed by atoms with Gasteiger partial charge in [0, 0.05) is 18.1 Å². The second-order valence-corrected chi connectivity index (χ2v) is 5.28. The normalized spacial score (nSPS) is 18.7. The molecule has 1 unspecified atom stereocenters. The number of aromatic nitrogens is 3. The average molecular weight is 241 g/mol. The lowest BCUT2D eigenvalue weighted by Crippen LogP contribution is -2.14. The first-order valence-corrected chi connectivity index (χ1v) is 6.68. The van der Waals surface area contributed by atoms with Crippen LogP contribution in [-0.2, 0) is 12.8 Å². The fourth-order valence-electron chi connectivity index (χ4n) is 3.04. The number of fused-ring (bicyclic) bond motifs is 1. The molecule has 0 fully saturated rings. The van der Waals surface area contributed by atoms with Crippen LogP contribution >= 0.6 is 0 Å². The van der Waals surface area contributed by atoms with Crippen LogP contribution in [0.4, 0.5) is 0 Å². The molecule has 0 aliphatic heterocycles. The minimum atomic E-state index is 0.597. The van der Waals surface area contributed by atoms with E-state index in [1.54, 1.807) is 6.33 Å². The van der Waals surface area contributed by atoms with E-state index in [1.807, 2.05) is 6.20 Å². The summed E-state index contributed by atoms with van der Waals surface area (Å²) in [5, 5.41) is 0. The van der Waals surface area contributed by atoms with E-state index >= 15 is 0 Å². The third-order valence-electron chi connectivity index (χ3n) is 4.11. The van der Waals surface area contributed by atoms with Crippen LogP contribution in [0, 0.1) is 13.8 Å². The van der Waals surface area contributed by atoms with E-state index in [0.29, 0.717) is 5.92 Å². The first-order chi connectivity index (χ1) is 8.75. The van der Waals surface area contributed by atoms with Gasteiger partial charge in [-0.25, -0.2) is 4.98 Å². The Labute approximate surface area is 108 Å². The molecule has 1 atom stereocenters. The van der Waals surface area contributed by atoms with Gasteiger partial charge in [0.15, 0.2) is 0 Å². The maximum absolute atomic E-state index is 4.37. The van der Waals surface area contributed by atoms with Crippen LogP contribution in [0.2, 0.25) is 0 Å². The van der Waals surface area contributed by atoms with Crippen LogP contribution in [0.5, 0.6) is 0 Å². The fourth-order valence-corrected chi connectivity index (χ4v) is 3.04. The van der Waals surface area contributed by atoms with Crippen molar-refractivity contribution in [1.82, 2.24) is 15.0 Å². The summed E-state index contributed by atoms with van der Waals surface area (Å²) in [5.74, 6) is 0.597. The number of rotatable bonds is 2. The number of nitrogens with one attached hydrogen (secondary N) is 1. The standard InChI is InChI=1S/C15H19N3/c1-10-7-16-8-14-12(4-3-5-13(10)14)6-15-11(2)17-9-18-15/h7-9,12H,3-6H2,1-2H3,(H,17,18). The van der Waals surface area contributed by atoms with Gasteiger partial charge in [0.25, 0.3) is 0 Å². The summed E-state index contributed by atoms with van der Waals surface area (Å²) in [4.78, 5) is 11.9. The Morgan fingerprint density at radius 2 is 2.22 bits per heavy atom. The van der Waals surface area contributed by atoms with Gasteiger partial charge in [-0.05, 0) is 62.1 Å². The van der Waals surface area contributed by atoms with Crippen LogP contribution in [0.3, 0.4) is 0 Å². The zero-order chi connectivity index (χ0) is 12.5. The highest BCUT2D eigenvalue weighted by Crippen LogP contribution is 2.34. The second-order valence-electron chi connectivity index (χ2n) is 5.28. The van der Waals surface area contributed by atoms with E-state index in [0.717, 1.165) is 12.1 Å². The molecule has 3 rings (SSSR count). The Kier molecular flexibility index (Phi) is 2.90. The van der Waals surface area contributed by atoms with Crippen molar-refractivity contribution >= 4 is 0 Å². The topological polar surface area (TPSA) is 41.6 Å². The van der Waals surface area contributed by atoms with Crippen LogP contribution in [0.15, 0.2) is 18.7 Å². The van der Waals surface area contributed by atoms with Crippen molar-refractivity contribution in [2.45, 2.75) is 45.4 Å². The predicted octanol–water partition coefficient (Wildman–Crippen LogP) is 3.08. The quantitative estimate of drug-likeness (QED) is 0.877. The van der Waals surface area contributed by atoms with Crippen molar-refractivity contribution < 1.29 is 0 Å². The molecule has 0 spiro atoms. The molecule has 1 aliphatic carbocycles. The SMILES string of the molecule is Cc1cncc2c1CCCC2Cc1[nH]cnc1C. The molecule has 2 aromatic rings. The largest absolute Gasteiger partial charge is 0.348 e. The van der Waals surface area contributed by atoms with Crippen molar-refractivity contribution in [3.63, 3.8) is 0 Å². The molecule has 18 heavy (non-hydrogen) atoms.